The Bertz CT molecular complexity index is 1080. The molecular formula is C25H35FN4O4. The monoisotopic (exact) mass is 474 g/mol. The molecule has 8 nitrogen and oxygen atoms in total. The van der Waals surface area contributed by atoms with E-state index in [-0.39, 0.29) is 34.8 Å². The van der Waals surface area contributed by atoms with Crippen LogP contribution in [-0.4, -0.2) is 52.3 Å². The fourth-order valence-corrected chi connectivity index (χ4v) is 5.22. The van der Waals surface area contributed by atoms with Crippen LogP contribution in [0.2, 0.25) is 0 Å². The van der Waals surface area contributed by atoms with E-state index in [2.05, 4.69) is 10.6 Å². The third kappa shape index (κ3) is 4.32. The van der Waals surface area contributed by atoms with Crippen LogP contribution in [0, 0.1) is 11.8 Å². The highest BCUT2D eigenvalue weighted by molar-refractivity contribution is 5.97. The van der Waals surface area contributed by atoms with E-state index < -0.39 is 23.7 Å². The number of allylic oxidation sites excluding steroid dienone is 3. The van der Waals surface area contributed by atoms with Gasteiger partial charge in [-0.3, -0.25) is 19.5 Å². The van der Waals surface area contributed by atoms with Crippen molar-refractivity contribution in [3.05, 3.63) is 50.7 Å². The van der Waals surface area contributed by atoms with E-state index in [1.54, 1.807) is 11.0 Å². The first-order valence-corrected chi connectivity index (χ1v) is 12.3. The van der Waals surface area contributed by atoms with Crippen LogP contribution in [0.4, 0.5) is 4.39 Å². The van der Waals surface area contributed by atoms with Crippen molar-refractivity contribution in [1.82, 2.24) is 20.1 Å². The third-order valence-electron chi connectivity index (χ3n) is 7.15. The van der Waals surface area contributed by atoms with Crippen molar-refractivity contribution in [1.29, 1.82) is 0 Å². The number of rotatable bonds is 10. The van der Waals surface area contributed by atoms with E-state index >= 15 is 0 Å². The summed E-state index contributed by atoms with van der Waals surface area (Å²) >= 11 is 0. The van der Waals surface area contributed by atoms with Crippen molar-refractivity contribution >= 4 is 5.91 Å². The molecule has 2 heterocycles. The lowest BCUT2D eigenvalue weighted by atomic mass is 9.93. The van der Waals surface area contributed by atoms with Gasteiger partial charge in [0.1, 0.15) is 23.9 Å². The molecule has 3 atom stereocenters. The largest absolute Gasteiger partial charge is 0.503 e. The highest BCUT2D eigenvalue weighted by Gasteiger charge is 2.48. The zero-order valence-corrected chi connectivity index (χ0v) is 20.1. The second-order valence-corrected chi connectivity index (χ2v) is 9.38. The molecule has 1 amide bonds. The third-order valence-corrected chi connectivity index (χ3v) is 7.15. The van der Waals surface area contributed by atoms with Gasteiger partial charge in [0.2, 0.25) is 0 Å². The molecule has 1 saturated carbocycles. The lowest BCUT2D eigenvalue weighted by Gasteiger charge is -2.26. The van der Waals surface area contributed by atoms with Crippen LogP contribution in [0.5, 0.6) is 5.75 Å². The standard InChI is InChI=1S/C25H35FN4O4/c1-4-15-12-14(6-9-18(15)26)13-28-22(32)19-17(5-2)20-24(33)29(11-10-27-3)23(16-7-8-16)30(20)25(34)21(19)31/h9,12,14,16,22-23,27-28,31-32H,4-8,10-11,13H2,1-3H3. The number of aromatic hydroxyl groups is 1. The summed E-state index contributed by atoms with van der Waals surface area (Å²) < 4.78 is 15.3. The summed E-state index contributed by atoms with van der Waals surface area (Å²) in [5, 5.41) is 27.9. The van der Waals surface area contributed by atoms with Gasteiger partial charge < -0.3 is 20.4 Å². The van der Waals surface area contributed by atoms with Crippen molar-refractivity contribution in [2.45, 2.75) is 58.3 Å². The molecule has 186 valence electrons. The first-order chi connectivity index (χ1) is 16.3. The van der Waals surface area contributed by atoms with Gasteiger partial charge in [0.25, 0.3) is 11.5 Å². The Labute approximate surface area is 199 Å². The number of nitrogens with one attached hydrogen (secondary N) is 2. The zero-order valence-electron chi connectivity index (χ0n) is 20.1. The van der Waals surface area contributed by atoms with Crippen LogP contribution in [0.1, 0.15) is 73.5 Å². The highest BCUT2D eigenvalue weighted by atomic mass is 19.1. The van der Waals surface area contributed by atoms with Gasteiger partial charge in [-0.2, -0.15) is 0 Å². The maximum absolute atomic E-state index is 13.9. The van der Waals surface area contributed by atoms with Crippen LogP contribution in [0.25, 0.3) is 0 Å². The Morgan fingerprint density at radius 3 is 2.59 bits per heavy atom. The molecule has 4 rings (SSSR count). The van der Waals surface area contributed by atoms with E-state index in [0.717, 1.165) is 12.8 Å². The molecule has 3 aliphatic rings. The molecule has 0 radical (unpaired) electrons. The summed E-state index contributed by atoms with van der Waals surface area (Å²) in [6, 6.07) is 0. The Morgan fingerprint density at radius 2 is 1.97 bits per heavy atom. The maximum atomic E-state index is 13.9. The van der Waals surface area contributed by atoms with Crippen molar-refractivity contribution in [2.24, 2.45) is 11.8 Å². The first-order valence-electron chi connectivity index (χ1n) is 12.3. The average molecular weight is 475 g/mol. The molecule has 1 aliphatic heterocycles. The van der Waals surface area contributed by atoms with Gasteiger partial charge in [0.05, 0.1) is 0 Å². The predicted molar refractivity (Wildman–Crippen MR) is 127 cm³/mol. The topological polar surface area (TPSA) is 107 Å². The summed E-state index contributed by atoms with van der Waals surface area (Å²) in [7, 11) is 1.81. The normalized spacial score (nSPS) is 23.1. The van der Waals surface area contributed by atoms with Gasteiger partial charge in [-0.1, -0.05) is 19.9 Å². The number of carbonyl (C=O) groups is 1. The van der Waals surface area contributed by atoms with Gasteiger partial charge >= 0.3 is 0 Å². The van der Waals surface area contributed by atoms with Gasteiger partial charge in [-0.25, -0.2) is 4.39 Å². The minimum Gasteiger partial charge on any atom is -0.503 e. The SMILES string of the molecule is CCC1=CC(CNC(O)c2c(CC)c3n(c(=O)c2O)C(C2CC2)N(CCNC)C3=O)CC=C1F. The average Bonchev–Trinajstić information content (AvgIpc) is 3.63. The number of aliphatic hydroxyl groups is 1. The number of halogens is 1. The summed E-state index contributed by atoms with van der Waals surface area (Å²) in [5.74, 6) is -0.794. The number of hydrogen-bond donors (Lipinski definition) is 4. The summed E-state index contributed by atoms with van der Waals surface area (Å²) in [6.45, 7) is 5.11. The molecule has 9 heteroatoms. The number of likely N-dealkylation sites (N-methyl/N-ethyl adjacent to an activating group) is 1. The van der Waals surface area contributed by atoms with Crippen molar-refractivity contribution in [3.8, 4) is 5.75 Å². The number of aromatic nitrogens is 1. The summed E-state index contributed by atoms with van der Waals surface area (Å²) in [6.07, 6.45) is 4.98. The number of hydrogen-bond acceptors (Lipinski definition) is 6. The highest BCUT2D eigenvalue weighted by Crippen LogP contribution is 2.46. The molecule has 0 saturated heterocycles. The molecule has 0 spiro atoms. The predicted octanol–water partition coefficient (Wildman–Crippen LogP) is 2.49. The number of nitrogens with zero attached hydrogens (tertiary/aromatic N) is 2. The molecule has 3 unspecified atom stereocenters. The van der Waals surface area contributed by atoms with E-state index in [1.165, 1.54) is 4.57 Å². The number of pyridine rings is 1. The maximum Gasteiger partial charge on any atom is 0.295 e. The fourth-order valence-electron chi connectivity index (χ4n) is 5.22. The number of fused-ring (bicyclic) bond motifs is 1. The molecule has 1 aromatic heterocycles. The Morgan fingerprint density at radius 1 is 1.24 bits per heavy atom. The van der Waals surface area contributed by atoms with E-state index in [9.17, 15) is 24.2 Å². The number of aliphatic hydroxyl groups excluding tert-OH is 1. The minimum absolute atomic E-state index is 0.0234. The van der Waals surface area contributed by atoms with Crippen LogP contribution < -0.4 is 16.2 Å². The molecule has 4 N–H and O–H groups in total. The van der Waals surface area contributed by atoms with Crippen LogP contribution >= 0.6 is 0 Å². The summed E-state index contributed by atoms with van der Waals surface area (Å²) in [4.78, 5) is 28.5. The quantitative estimate of drug-likeness (QED) is 0.388. The van der Waals surface area contributed by atoms with Gasteiger partial charge in [-0.05, 0) is 68.2 Å². The smallest absolute Gasteiger partial charge is 0.295 e. The van der Waals surface area contributed by atoms with Gasteiger partial charge in [-0.15, -0.1) is 0 Å². The molecule has 1 fully saturated rings. The Hall–Kier alpha value is -2.49. The lowest BCUT2D eigenvalue weighted by Crippen LogP contribution is -2.37. The first kappa shape index (κ1) is 24.6. The summed E-state index contributed by atoms with van der Waals surface area (Å²) in [5.41, 5.74) is 0.813. The second-order valence-electron chi connectivity index (χ2n) is 9.38. The molecule has 0 bridgehead atoms. The molecule has 2 aliphatic carbocycles. The number of carbonyl (C=O) groups excluding carboxylic acids is 1. The van der Waals surface area contributed by atoms with Gasteiger partial charge in [0.15, 0.2) is 5.75 Å². The van der Waals surface area contributed by atoms with E-state index in [1.807, 2.05) is 27.0 Å². The Kier molecular flexibility index (Phi) is 7.25. The molecular weight excluding hydrogens is 439 g/mol. The molecule has 1 aromatic rings. The number of amides is 1. The minimum atomic E-state index is -1.33. The van der Waals surface area contributed by atoms with Crippen LogP contribution in [-0.2, 0) is 6.42 Å². The molecule has 34 heavy (non-hydrogen) atoms. The van der Waals surface area contributed by atoms with Gasteiger partial charge in [0, 0.05) is 25.2 Å². The van der Waals surface area contributed by atoms with E-state index in [0.29, 0.717) is 50.0 Å². The van der Waals surface area contributed by atoms with Crippen LogP contribution in [0.3, 0.4) is 0 Å². The van der Waals surface area contributed by atoms with Crippen molar-refractivity contribution < 1.29 is 19.4 Å². The fraction of sp³-hybridized carbons (Fsp3) is 0.600. The zero-order chi connectivity index (χ0) is 24.6. The lowest BCUT2D eigenvalue weighted by molar-refractivity contribution is 0.0669. The van der Waals surface area contributed by atoms with Crippen molar-refractivity contribution in [2.75, 3.05) is 26.7 Å². The van der Waals surface area contributed by atoms with Crippen LogP contribution in [0.15, 0.2) is 28.3 Å². The van der Waals surface area contributed by atoms with Crippen molar-refractivity contribution in [3.63, 3.8) is 0 Å². The molecule has 0 aromatic carbocycles. The second kappa shape index (κ2) is 10.0. The van der Waals surface area contributed by atoms with E-state index in [4.69, 9.17) is 0 Å². The Balaban J connectivity index is 1.66.